The summed E-state index contributed by atoms with van der Waals surface area (Å²) in [6, 6.07) is 2.37. The smallest absolute Gasteiger partial charge is 0.355 e. The molecule has 1 fully saturated rings. The third-order valence-corrected chi connectivity index (χ3v) is 3.25. The Labute approximate surface area is 97.6 Å². The Morgan fingerprint density at radius 2 is 1.71 bits per heavy atom. The topological polar surface area (TPSA) is 29.0 Å². The van der Waals surface area contributed by atoms with Gasteiger partial charge in [-0.05, 0) is 24.0 Å². The van der Waals surface area contributed by atoms with E-state index in [1.54, 1.807) is 0 Å². The number of aromatic nitrogens is 2. The lowest BCUT2D eigenvalue weighted by molar-refractivity contribution is -0.141. The van der Waals surface area contributed by atoms with Gasteiger partial charge in [0.2, 0.25) is 0 Å². The van der Waals surface area contributed by atoms with Crippen LogP contribution in [0.25, 0.3) is 0 Å². The number of alkyl halides is 3. The monoisotopic (exact) mass is 245 g/mol. The predicted molar refractivity (Wildman–Crippen MR) is 57.6 cm³/mol. The fraction of sp³-hybridized carbons (Fsp3) is 0.636. The minimum absolute atomic E-state index is 0.522. The Balaban J connectivity index is 2.14. The van der Waals surface area contributed by atoms with Crippen LogP contribution in [0.2, 0.25) is 0 Å². The largest absolute Gasteiger partial charge is 0.435 e. The van der Waals surface area contributed by atoms with Crippen LogP contribution in [0.1, 0.15) is 19.5 Å². The third-order valence-electron chi connectivity index (χ3n) is 3.25. The predicted octanol–water partition coefficient (Wildman–Crippen LogP) is 2.59. The molecule has 2 rings (SSSR count). The first-order valence-corrected chi connectivity index (χ1v) is 5.54. The summed E-state index contributed by atoms with van der Waals surface area (Å²) in [5.74, 6) is 1.58. The summed E-state index contributed by atoms with van der Waals surface area (Å²) in [5.41, 5.74) is -0.943. The molecular weight excluding hydrogens is 231 g/mol. The highest BCUT2D eigenvalue weighted by Crippen LogP contribution is 2.29. The lowest BCUT2D eigenvalue weighted by Gasteiger charge is -2.16. The molecule has 2 atom stereocenters. The standard InChI is InChI=1S/C11H14F3N3/c1-7-5-17(6-8(7)2)10-4-3-9(15-16-10)11(12,13)14/h3-4,7-8H,5-6H2,1-2H3. The summed E-state index contributed by atoms with van der Waals surface area (Å²) in [6.07, 6.45) is -4.42. The molecule has 6 heteroatoms. The number of rotatable bonds is 1. The van der Waals surface area contributed by atoms with Crippen LogP contribution in [0.3, 0.4) is 0 Å². The molecular formula is C11H14F3N3. The van der Waals surface area contributed by atoms with Crippen molar-refractivity contribution in [1.29, 1.82) is 0 Å². The molecule has 94 valence electrons. The van der Waals surface area contributed by atoms with E-state index in [-0.39, 0.29) is 0 Å². The molecule has 1 aliphatic heterocycles. The summed E-state index contributed by atoms with van der Waals surface area (Å²) in [7, 11) is 0. The maximum absolute atomic E-state index is 12.3. The molecule has 0 radical (unpaired) electrons. The SMILES string of the molecule is CC1CN(c2ccc(C(F)(F)F)nn2)CC1C. The molecule has 3 nitrogen and oxygen atoms in total. The number of hydrogen-bond donors (Lipinski definition) is 0. The van der Waals surface area contributed by atoms with Gasteiger partial charge in [0, 0.05) is 13.1 Å². The van der Waals surface area contributed by atoms with Crippen molar-refractivity contribution in [1.82, 2.24) is 10.2 Å². The number of anilines is 1. The van der Waals surface area contributed by atoms with Crippen LogP contribution in [0.4, 0.5) is 19.0 Å². The van der Waals surface area contributed by atoms with Crippen molar-refractivity contribution < 1.29 is 13.2 Å². The van der Waals surface area contributed by atoms with Gasteiger partial charge in [-0.1, -0.05) is 13.8 Å². The molecule has 2 unspecified atom stereocenters. The van der Waals surface area contributed by atoms with Gasteiger partial charge in [-0.3, -0.25) is 0 Å². The fourth-order valence-corrected chi connectivity index (χ4v) is 1.96. The first-order chi connectivity index (χ1) is 7.88. The maximum Gasteiger partial charge on any atom is 0.435 e. The zero-order valence-electron chi connectivity index (χ0n) is 9.70. The first-order valence-electron chi connectivity index (χ1n) is 5.54. The summed E-state index contributed by atoms with van der Waals surface area (Å²) in [4.78, 5) is 1.97. The Kier molecular flexibility index (Phi) is 2.97. The summed E-state index contributed by atoms with van der Waals surface area (Å²) >= 11 is 0. The van der Waals surface area contributed by atoms with E-state index >= 15 is 0 Å². The molecule has 0 amide bonds. The normalized spacial score (nSPS) is 25.4. The van der Waals surface area contributed by atoms with E-state index < -0.39 is 11.9 Å². The van der Waals surface area contributed by atoms with Crippen molar-refractivity contribution in [2.24, 2.45) is 11.8 Å². The lowest BCUT2D eigenvalue weighted by Crippen LogP contribution is -2.22. The number of nitrogens with zero attached hydrogens (tertiary/aromatic N) is 3. The molecule has 0 aromatic carbocycles. The molecule has 17 heavy (non-hydrogen) atoms. The minimum Gasteiger partial charge on any atom is -0.355 e. The highest BCUT2D eigenvalue weighted by Gasteiger charge is 2.33. The van der Waals surface area contributed by atoms with Gasteiger partial charge in [0.15, 0.2) is 11.5 Å². The molecule has 0 N–H and O–H groups in total. The number of hydrogen-bond acceptors (Lipinski definition) is 3. The van der Waals surface area contributed by atoms with Gasteiger partial charge < -0.3 is 4.90 Å². The molecule has 0 spiro atoms. The third kappa shape index (κ3) is 2.50. The van der Waals surface area contributed by atoms with Crippen LogP contribution < -0.4 is 4.90 Å². The second kappa shape index (κ2) is 4.16. The average molecular weight is 245 g/mol. The van der Waals surface area contributed by atoms with Gasteiger partial charge in [0.05, 0.1) is 0 Å². The summed E-state index contributed by atoms with van der Waals surface area (Å²) in [6.45, 7) is 5.90. The van der Waals surface area contributed by atoms with Gasteiger partial charge >= 0.3 is 6.18 Å². The van der Waals surface area contributed by atoms with E-state index in [9.17, 15) is 13.2 Å². The molecule has 1 aliphatic rings. The first kappa shape index (κ1) is 12.1. The summed E-state index contributed by atoms with van der Waals surface area (Å²) < 4.78 is 36.9. The van der Waals surface area contributed by atoms with Crippen molar-refractivity contribution in [2.75, 3.05) is 18.0 Å². The van der Waals surface area contributed by atoms with Gasteiger partial charge in [0.25, 0.3) is 0 Å². The second-order valence-corrected chi connectivity index (χ2v) is 4.63. The van der Waals surface area contributed by atoms with Crippen molar-refractivity contribution in [3.05, 3.63) is 17.8 Å². The van der Waals surface area contributed by atoms with Gasteiger partial charge in [-0.15, -0.1) is 10.2 Å². The van der Waals surface area contributed by atoms with Crippen LogP contribution in [-0.2, 0) is 6.18 Å². The molecule has 0 aliphatic carbocycles. The van der Waals surface area contributed by atoms with Gasteiger partial charge in [-0.25, -0.2) is 0 Å². The molecule has 1 aromatic heterocycles. The van der Waals surface area contributed by atoms with E-state index in [1.165, 1.54) is 6.07 Å². The van der Waals surface area contributed by atoms with E-state index in [0.717, 1.165) is 19.2 Å². The van der Waals surface area contributed by atoms with Crippen molar-refractivity contribution in [3.63, 3.8) is 0 Å². The van der Waals surface area contributed by atoms with Crippen LogP contribution in [-0.4, -0.2) is 23.3 Å². The Bertz CT molecular complexity index is 378. The van der Waals surface area contributed by atoms with E-state index in [0.29, 0.717) is 17.7 Å². The zero-order chi connectivity index (χ0) is 12.6. The Morgan fingerprint density at radius 3 is 2.12 bits per heavy atom. The van der Waals surface area contributed by atoms with Crippen LogP contribution >= 0.6 is 0 Å². The lowest BCUT2D eigenvalue weighted by atomic mass is 10.0. The highest BCUT2D eigenvalue weighted by molar-refractivity contribution is 5.39. The summed E-state index contributed by atoms with van der Waals surface area (Å²) in [5, 5.41) is 6.88. The fourth-order valence-electron chi connectivity index (χ4n) is 1.96. The van der Waals surface area contributed by atoms with Gasteiger partial charge in [-0.2, -0.15) is 13.2 Å². The molecule has 1 saturated heterocycles. The maximum atomic E-state index is 12.3. The molecule has 2 heterocycles. The Morgan fingerprint density at radius 1 is 1.12 bits per heavy atom. The van der Waals surface area contributed by atoms with Crippen molar-refractivity contribution in [3.8, 4) is 0 Å². The van der Waals surface area contributed by atoms with E-state index in [1.807, 2.05) is 4.90 Å². The molecule has 1 aromatic rings. The minimum atomic E-state index is -4.42. The zero-order valence-corrected chi connectivity index (χ0v) is 9.70. The molecule has 0 saturated carbocycles. The van der Waals surface area contributed by atoms with Crippen molar-refractivity contribution >= 4 is 5.82 Å². The second-order valence-electron chi connectivity index (χ2n) is 4.63. The van der Waals surface area contributed by atoms with Crippen molar-refractivity contribution in [2.45, 2.75) is 20.0 Å². The van der Waals surface area contributed by atoms with E-state index in [2.05, 4.69) is 24.0 Å². The number of halogens is 3. The highest BCUT2D eigenvalue weighted by atomic mass is 19.4. The molecule has 0 bridgehead atoms. The van der Waals surface area contributed by atoms with Gasteiger partial charge in [0.1, 0.15) is 0 Å². The average Bonchev–Trinajstić information content (AvgIpc) is 2.58. The van der Waals surface area contributed by atoms with Crippen LogP contribution in [0.15, 0.2) is 12.1 Å². The quantitative estimate of drug-likeness (QED) is 0.761. The van der Waals surface area contributed by atoms with E-state index in [4.69, 9.17) is 0 Å². The van der Waals surface area contributed by atoms with Crippen LogP contribution in [0, 0.1) is 11.8 Å². The Hall–Kier alpha value is -1.33. The van der Waals surface area contributed by atoms with Crippen LogP contribution in [0.5, 0.6) is 0 Å².